The van der Waals surface area contributed by atoms with Gasteiger partial charge in [-0.15, -0.1) is 0 Å². The van der Waals surface area contributed by atoms with Gasteiger partial charge in [-0.3, -0.25) is 9.69 Å². The minimum atomic E-state index is -0.162. The van der Waals surface area contributed by atoms with Gasteiger partial charge in [0.2, 0.25) is 0 Å². The highest BCUT2D eigenvalue weighted by molar-refractivity contribution is 9.09. The van der Waals surface area contributed by atoms with E-state index < -0.39 is 0 Å². The fourth-order valence-corrected chi connectivity index (χ4v) is 2.68. The molecule has 1 heterocycles. The van der Waals surface area contributed by atoms with E-state index in [1.54, 1.807) is 0 Å². The smallest absolute Gasteiger partial charge is 0.161 e. The first kappa shape index (κ1) is 13.7. The lowest BCUT2D eigenvalue weighted by molar-refractivity contribution is -0.122. The number of nitrogens with zero attached hydrogens (tertiary/aromatic N) is 1. The number of ketones is 1. The van der Waals surface area contributed by atoms with Gasteiger partial charge < -0.3 is 4.74 Å². The third-order valence-electron chi connectivity index (χ3n) is 3.13. The Balaban J connectivity index is 1.80. The monoisotopic (exact) mass is 311 g/mol. The summed E-state index contributed by atoms with van der Waals surface area (Å²) in [5.41, 5.74) is 1.22. The fourth-order valence-electron chi connectivity index (χ4n) is 2.04. The lowest BCUT2D eigenvalue weighted by atomic mass is 10.1. The maximum Gasteiger partial charge on any atom is 0.161 e. The predicted molar refractivity (Wildman–Crippen MR) is 74.9 cm³/mol. The molecule has 1 aliphatic rings. The molecule has 4 heteroatoms. The van der Waals surface area contributed by atoms with E-state index in [2.05, 4.69) is 33.0 Å². The Morgan fingerprint density at radius 3 is 2.61 bits per heavy atom. The molecule has 3 nitrogen and oxygen atoms in total. The van der Waals surface area contributed by atoms with E-state index in [0.717, 1.165) is 19.5 Å². The topological polar surface area (TPSA) is 29.5 Å². The molecule has 0 amide bonds. The molecule has 2 rings (SSSR count). The Hall–Kier alpha value is -0.710. The van der Waals surface area contributed by atoms with Crippen molar-refractivity contribution in [2.75, 3.05) is 26.3 Å². The van der Waals surface area contributed by atoms with E-state index in [4.69, 9.17) is 4.74 Å². The molecule has 1 unspecified atom stereocenters. The minimum absolute atomic E-state index is 0.162. The average Bonchev–Trinajstić information content (AvgIpc) is 2.46. The van der Waals surface area contributed by atoms with Crippen molar-refractivity contribution in [2.24, 2.45) is 0 Å². The SMILES string of the molecule is O=C(CCc1ccccc1)C(Br)N1CCOCC1. The van der Waals surface area contributed by atoms with Crippen LogP contribution in [0.4, 0.5) is 0 Å². The Morgan fingerprint density at radius 1 is 1.28 bits per heavy atom. The van der Waals surface area contributed by atoms with Crippen LogP contribution in [0.2, 0.25) is 0 Å². The molecule has 0 spiro atoms. The lowest BCUT2D eigenvalue weighted by Gasteiger charge is -2.30. The molecule has 0 aromatic heterocycles. The van der Waals surface area contributed by atoms with Crippen LogP contribution < -0.4 is 0 Å². The second-order valence-electron chi connectivity index (χ2n) is 4.44. The Labute approximate surface area is 116 Å². The van der Waals surface area contributed by atoms with E-state index in [1.807, 2.05) is 18.2 Å². The Kier molecular flexibility index (Phi) is 5.35. The number of morpholine rings is 1. The van der Waals surface area contributed by atoms with Gasteiger partial charge in [-0.1, -0.05) is 46.3 Å². The van der Waals surface area contributed by atoms with Gasteiger partial charge >= 0.3 is 0 Å². The molecule has 18 heavy (non-hydrogen) atoms. The van der Waals surface area contributed by atoms with Crippen molar-refractivity contribution in [3.63, 3.8) is 0 Å². The van der Waals surface area contributed by atoms with E-state index in [0.29, 0.717) is 19.6 Å². The van der Waals surface area contributed by atoms with Gasteiger partial charge in [-0.25, -0.2) is 0 Å². The minimum Gasteiger partial charge on any atom is -0.379 e. The summed E-state index contributed by atoms with van der Waals surface area (Å²) in [7, 11) is 0. The van der Waals surface area contributed by atoms with Crippen molar-refractivity contribution in [3.05, 3.63) is 35.9 Å². The maximum atomic E-state index is 12.1. The zero-order valence-electron chi connectivity index (χ0n) is 10.3. The zero-order valence-corrected chi connectivity index (χ0v) is 11.9. The summed E-state index contributed by atoms with van der Waals surface area (Å²) in [5.74, 6) is 0.251. The molecule has 1 saturated heterocycles. The number of Topliss-reactive ketones (excluding diaryl/α,β-unsaturated/α-hetero) is 1. The van der Waals surface area contributed by atoms with Crippen LogP contribution in [-0.4, -0.2) is 41.9 Å². The third-order valence-corrected chi connectivity index (χ3v) is 4.22. The quantitative estimate of drug-likeness (QED) is 0.617. The molecule has 1 atom stereocenters. The summed E-state index contributed by atoms with van der Waals surface area (Å²) in [6.07, 6.45) is 1.39. The summed E-state index contributed by atoms with van der Waals surface area (Å²) in [6, 6.07) is 10.1. The molecular weight excluding hydrogens is 294 g/mol. The number of alkyl halides is 1. The first-order valence-corrected chi connectivity index (χ1v) is 7.21. The van der Waals surface area contributed by atoms with Gasteiger partial charge in [0.1, 0.15) is 4.95 Å². The summed E-state index contributed by atoms with van der Waals surface area (Å²) >= 11 is 3.50. The van der Waals surface area contributed by atoms with Crippen molar-refractivity contribution >= 4 is 21.7 Å². The van der Waals surface area contributed by atoms with Crippen molar-refractivity contribution in [2.45, 2.75) is 17.8 Å². The number of hydrogen-bond donors (Lipinski definition) is 0. The highest BCUT2D eigenvalue weighted by Crippen LogP contribution is 2.14. The van der Waals surface area contributed by atoms with Gasteiger partial charge in [-0.05, 0) is 12.0 Å². The first-order chi connectivity index (χ1) is 8.77. The van der Waals surface area contributed by atoms with Gasteiger partial charge in [-0.2, -0.15) is 0 Å². The fraction of sp³-hybridized carbons (Fsp3) is 0.500. The number of halogens is 1. The summed E-state index contributed by atoms with van der Waals surface area (Å²) in [4.78, 5) is 14.1. The number of benzene rings is 1. The Bertz CT molecular complexity index is 377. The molecule has 1 aromatic rings. The molecule has 0 aliphatic carbocycles. The number of carbonyl (C=O) groups is 1. The van der Waals surface area contributed by atoms with E-state index in [9.17, 15) is 4.79 Å². The molecule has 1 aromatic carbocycles. The van der Waals surface area contributed by atoms with E-state index in [-0.39, 0.29) is 10.7 Å². The van der Waals surface area contributed by atoms with Gasteiger partial charge in [0.25, 0.3) is 0 Å². The van der Waals surface area contributed by atoms with Crippen LogP contribution in [0.1, 0.15) is 12.0 Å². The molecule has 98 valence electrons. The number of aryl methyl sites for hydroxylation is 1. The normalized spacial score (nSPS) is 18.5. The number of ether oxygens (including phenoxy) is 1. The second-order valence-corrected chi connectivity index (χ2v) is 5.30. The Morgan fingerprint density at radius 2 is 1.94 bits per heavy atom. The van der Waals surface area contributed by atoms with Crippen molar-refractivity contribution in [1.82, 2.24) is 4.90 Å². The third kappa shape index (κ3) is 3.90. The largest absolute Gasteiger partial charge is 0.379 e. The molecule has 0 radical (unpaired) electrons. The molecule has 1 fully saturated rings. The van der Waals surface area contributed by atoms with Crippen LogP contribution in [0.25, 0.3) is 0 Å². The molecule has 0 N–H and O–H groups in total. The zero-order chi connectivity index (χ0) is 12.8. The summed E-state index contributed by atoms with van der Waals surface area (Å²) in [5, 5.41) is 0. The molecule has 0 saturated carbocycles. The van der Waals surface area contributed by atoms with Crippen LogP contribution in [0, 0.1) is 0 Å². The lowest BCUT2D eigenvalue weighted by Crippen LogP contribution is -2.44. The molecule has 0 bridgehead atoms. The number of rotatable bonds is 5. The first-order valence-electron chi connectivity index (χ1n) is 6.30. The number of carbonyl (C=O) groups excluding carboxylic acids is 1. The highest BCUT2D eigenvalue weighted by atomic mass is 79.9. The summed E-state index contributed by atoms with van der Waals surface area (Å²) < 4.78 is 5.29. The average molecular weight is 312 g/mol. The van der Waals surface area contributed by atoms with Crippen LogP contribution >= 0.6 is 15.9 Å². The van der Waals surface area contributed by atoms with Crippen LogP contribution in [0.3, 0.4) is 0 Å². The van der Waals surface area contributed by atoms with Crippen LogP contribution in [0.15, 0.2) is 30.3 Å². The standard InChI is InChI=1S/C14H18BrNO2/c15-14(16-8-10-18-11-9-16)13(17)7-6-12-4-2-1-3-5-12/h1-5,14H,6-11H2. The van der Waals surface area contributed by atoms with Crippen molar-refractivity contribution < 1.29 is 9.53 Å². The second kappa shape index (κ2) is 7.02. The highest BCUT2D eigenvalue weighted by Gasteiger charge is 2.24. The van der Waals surface area contributed by atoms with Crippen molar-refractivity contribution in [3.8, 4) is 0 Å². The summed E-state index contributed by atoms with van der Waals surface area (Å²) in [6.45, 7) is 3.09. The number of hydrogen-bond acceptors (Lipinski definition) is 3. The van der Waals surface area contributed by atoms with E-state index >= 15 is 0 Å². The van der Waals surface area contributed by atoms with E-state index in [1.165, 1.54) is 5.56 Å². The molecular formula is C14H18BrNO2. The van der Waals surface area contributed by atoms with Gasteiger partial charge in [0.05, 0.1) is 13.2 Å². The maximum absolute atomic E-state index is 12.1. The van der Waals surface area contributed by atoms with Crippen LogP contribution in [0.5, 0.6) is 0 Å². The van der Waals surface area contributed by atoms with Gasteiger partial charge in [0.15, 0.2) is 5.78 Å². The predicted octanol–water partition coefficient (Wildman–Crippen LogP) is 2.24. The van der Waals surface area contributed by atoms with Crippen molar-refractivity contribution in [1.29, 1.82) is 0 Å². The van der Waals surface area contributed by atoms with Gasteiger partial charge in [0, 0.05) is 19.5 Å². The molecule has 1 aliphatic heterocycles. The van der Waals surface area contributed by atoms with Crippen LogP contribution in [-0.2, 0) is 16.0 Å².